The molecule has 1 fully saturated rings. The number of β-amino-alcohol motifs (C(OH)–C–C–N with tert-alkyl or cyclic N) is 1. The molecule has 1 aromatic carbocycles. The van der Waals surface area contributed by atoms with E-state index in [0.717, 1.165) is 32.4 Å². The minimum Gasteiger partial charge on any atom is -0.390 e. The third-order valence-corrected chi connectivity index (χ3v) is 5.95. The molecule has 0 unspecified atom stereocenters. The third-order valence-electron chi connectivity index (χ3n) is 5.95. The number of rotatable bonds is 8. The summed E-state index contributed by atoms with van der Waals surface area (Å²) in [5.74, 6) is 0.203. The second-order valence-electron chi connectivity index (χ2n) is 8.39. The lowest BCUT2D eigenvalue weighted by Crippen LogP contribution is -2.43. The van der Waals surface area contributed by atoms with Gasteiger partial charge in [0, 0.05) is 59.6 Å². The van der Waals surface area contributed by atoms with E-state index in [-0.39, 0.29) is 18.5 Å². The van der Waals surface area contributed by atoms with Gasteiger partial charge in [0.15, 0.2) is 0 Å². The number of benzene rings is 1. The molecule has 32 heavy (non-hydrogen) atoms. The van der Waals surface area contributed by atoms with E-state index < -0.39 is 6.10 Å². The second-order valence-corrected chi connectivity index (χ2v) is 8.39. The van der Waals surface area contributed by atoms with Crippen LogP contribution >= 0.6 is 0 Å². The topological polar surface area (TPSA) is 89.8 Å². The minimum atomic E-state index is -0.639. The summed E-state index contributed by atoms with van der Waals surface area (Å²) in [7, 11) is 3.38. The quantitative estimate of drug-likeness (QED) is 0.360. The fourth-order valence-corrected chi connectivity index (χ4v) is 4.17. The molecule has 8 heteroatoms. The summed E-state index contributed by atoms with van der Waals surface area (Å²) in [6.45, 7) is 7.45. The van der Waals surface area contributed by atoms with Crippen LogP contribution in [0.3, 0.4) is 0 Å². The molecule has 0 bridgehead atoms. The van der Waals surface area contributed by atoms with Gasteiger partial charge in [-0.25, -0.2) is 4.99 Å². The van der Waals surface area contributed by atoms with Crippen LogP contribution in [0, 0.1) is 0 Å². The van der Waals surface area contributed by atoms with Crippen LogP contribution < -0.4 is 5.32 Å². The first-order valence-corrected chi connectivity index (χ1v) is 11.2. The summed E-state index contributed by atoms with van der Waals surface area (Å²) < 4.78 is 5.36. The van der Waals surface area contributed by atoms with Crippen molar-refractivity contribution in [2.75, 3.05) is 46.9 Å². The Kier molecular flexibility index (Phi) is 8.96. The number of nitrogens with zero attached hydrogens (tertiary/aromatic N) is 4. The van der Waals surface area contributed by atoms with Gasteiger partial charge in [-0.15, -0.1) is 0 Å². The Morgan fingerprint density at radius 1 is 1.38 bits per heavy atom. The Balaban J connectivity index is 1.56. The molecule has 2 aliphatic rings. The standard InChI is InChI=1S/C24H35N5O3/c1-25-22(14-23(26-2)27-20-9-12-32-13-10-20)24(31)28(3)16-21(30)17-29-11-8-18-6-4-5-7-19(18)15-29/h4-7,14,20-21,25,30H,2,8-13,15-17H2,1,3H3/t21-/m0/s1. The van der Waals surface area contributed by atoms with Crippen LogP contribution in [-0.2, 0) is 22.5 Å². The van der Waals surface area contributed by atoms with Gasteiger partial charge in [0.05, 0.1) is 12.1 Å². The highest BCUT2D eigenvalue weighted by atomic mass is 16.5. The van der Waals surface area contributed by atoms with Crippen molar-refractivity contribution in [2.45, 2.75) is 38.0 Å². The molecule has 0 aromatic heterocycles. The lowest BCUT2D eigenvalue weighted by atomic mass is 10.00. The Labute approximate surface area is 190 Å². The molecule has 0 saturated carbocycles. The lowest BCUT2D eigenvalue weighted by Gasteiger charge is -2.31. The number of nitrogens with one attached hydrogen (secondary N) is 1. The zero-order valence-electron chi connectivity index (χ0n) is 19.2. The largest absolute Gasteiger partial charge is 0.390 e. The van der Waals surface area contributed by atoms with Gasteiger partial charge in [-0.05, 0) is 37.1 Å². The molecule has 2 N–H and O–H groups in total. The number of amidine groups is 1. The van der Waals surface area contributed by atoms with E-state index in [4.69, 9.17) is 4.74 Å². The highest BCUT2D eigenvalue weighted by Gasteiger charge is 2.22. The number of carbonyl (C=O) groups excluding carboxylic acids is 1. The molecule has 1 aromatic rings. The zero-order valence-corrected chi connectivity index (χ0v) is 19.2. The van der Waals surface area contributed by atoms with Crippen molar-refractivity contribution in [3.8, 4) is 0 Å². The maximum Gasteiger partial charge on any atom is 0.269 e. The molecule has 1 atom stereocenters. The van der Waals surface area contributed by atoms with Crippen LogP contribution in [0.2, 0.25) is 0 Å². The van der Waals surface area contributed by atoms with Gasteiger partial charge in [0.2, 0.25) is 0 Å². The average Bonchev–Trinajstić information content (AvgIpc) is 2.81. The Bertz CT molecular complexity index is 848. The van der Waals surface area contributed by atoms with Gasteiger partial charge >= 0.3 is 0 Å². The summed E-state index contributed by atoms with van der Waals surface area (Å²) in [6.07, 6.45) is 3.63. The molecular formula is C24H35N5O3. The van der Waals surface area contributed by atoms with Crippen molar-refractivity contribution >= 4 is 18.5 Å². The van der Waals surface area contributed by atoms with Gasteiger partial charge < -0.3 is 20.1 Å². The normalized spacial score (nSPS) is 19.2. The van der Waals surface area contributed by atoms with Crippen molar-refractivity contribution < 1.29 is 14.6 Å². The minimum absolute atomic E-state index is 0.128. The number of amides is 1. The predicted molar refractivity (Wildman–Crippen MR) is 127 cm³/mol. The van der Waals surface area contributed by atoms with E-state index in [1.54, 1.807) is 20.2 Å². The monoisotopic (exact) mass is 441 g/mol. The first kappa shape index (κ1) is 24.1. The van der Waals surface area contributed by atoms with Crippen molar-refractivity contribution in [1.29, 1.82) is 0 Å². The van der Waals surface area contributed by atoms with E-state index in [1.807, 2.05) is 0 Å². The number of aliphatic hydroxyl groups is 1. The predicted octanol–water partition coefficient (Wildman–Crippen LogP) is 1.25. The smallest absolute Gasteiger partial charge is 0.269 e. The van der Waals surface area contributed by atoms with Gasteiger partial charge in [0.1, 0.15) is 11.5 Å². The molecule has 2 aliphatic heterocycles. The van der Waals surface area contributed by atoms with E-state index >= 15 is 0 Å². The van der Waals surface area contributed by atoms with E-state index in [9.17, 15) is 9.90 Å². The number of hydrogen-bond donors (Lipinski definition) is 2. The lowest BCUT2D eigenvalue weighted by molar-refractivity contribution is -0.127. The molecule has 1 saturated heterocycles. The molecular weight excluding hydrogens is 406 g/mol. The number of hydrogen-bond acceptors (Lipinski definition) is 6. The SMILES string of the molecule is C=NC(C=C(NC)C(=O)N(C)C[C@H](O)CN1CCc2ccccc2C1)=NC1CCOCC1. The highest BCUT2D eigenvalue weighted by Crippen LogP contribution is 2.18. The fourth-order valence-electron chi connectivity index (χ4n) is 4.17. The molecule has 1 amide bonds. The summed E-state index contributed by atoms with van der Waals surface area (Å²) in [5.41, 5.74) is 3.05. The van der Waals surface area contributed by atoms with Gasteiger partial charge in [-0.2, -0.15) is 0 Å². The van der Waals surface area contributed by atoms with Crippen LogP contribution in [0.15, 0.2) is 46.0 Å². The number of aliphatic imine (C=N–C) groups is 2. The Hall–Kier alpha value is -2.55. The number of fused-ring (bicyclic) bond motifs is 1. The first-order valence-electron chi connectivity index (χ1n) is 11.2. The fraction of sp³-hybridized carbons (Fsp3) is 0.542. The second kappa shape index (κ2) is 11.9. The van der Waals surface area contributed by atoms with Crippen molar-refractivity contribution in [3.63, 3.8) is 0 Å². The number of aliphatic hydroxyl groups excluding tert-OH is 1. The molecule has 0 aliphatic carbocycles. The number of carbonyl (C=O) groups is 1. The Morgan fingerprint density at radius 2 is 2.09 bits per heavy atom. The Morgan fingerprint density at radius 3 is 2.78 bits per heavy atom. The summed E-state index contributed by atoms with van der Waals surface area (Å²) >= 11 is 0. The maximum atomic E-state index is 12.9. The van der Waals surface area contributed by atoms with Gasteiger partial charge in [-0.3, -0.25) is 14.7 Å². The van der Waals surface area contributed by atoms with Crippen molar-refractivity contribution in [3.05, 3.63) is 47.2 Å². The molecule has 0 radical (unpaired) electrons. The molecule has 3 rings (SSSR count). The molecule has 8 nitrogen and oxygen atoms in total. The average molecular weight is 442 g/mol. The number of likely N-dealkylation sites (N-methyl/N-ethyl adjacent to an activating group) is 2. The van der Waals surface area contributed by atoms with Crippen LogP contribution in [-0.4, -0.2) is 92.5 Å². The summed E-state index contributed by atoms with van der Waals surface area (Å²) in [6, 6.07) is 8.55. The number of ether oxygens (including phenoxy) is 1. The molecule has 174 valence electrons. The third kappa shape index (κ3) is 6.72. The zero-order chi connectivity index (χ0) is 22.9. The summed E-state index contributed by atoms with van der Waals surface area (Å²) in [4.78, 5) is 25.3. The van der Waals surface area contributed by atoms with Crippen molar-refractivity contribution in [2.24, 2.45) is 9.98 Å². The first-order chi connectivity index (χ1) is 15.5. The van der Waals surface area contributed by atoms with E-state index in [2.05, 4.69) is 51.2 Å². The van der Waals surface area contributed by atoms with Gasteiger partial charge in [-0.1, -0.05) is 24.3 Å². The summed E-state index contributed by atoms with van der Waals surface area (Å²) in [5, 5.41) is 13.6. The van der Waals surface area contributed by atoms with Crippen molar-refractivity contribution in [1.82, 2.24) is 15.1 Å². The molecule has 2 heterocycles. The molecule has 0 spiro atoms. The van der Waals surface area contributed by atoms with E-state index in [1.165, 1.54) is 16.0 Å². The van der Waals surface area contributed by atoms with Crippen LogP contribution in [0.1, 0.15) is 24.0 Å². The maximum absolute atomic E-state index is 12.9. The van der Waals surface area contributed by atoms with Crippen LogP contribution in [0.5, 0.6) is 0 Å². The van der Waals surface area contributed by atoms with Gasteiger partial charge in [0.25, 0.3) is 5.91 Å². The highest BCUT2D eigenvalue weighted by molar-refractivity contribution is 6.04. The van der Waals surface area contributed by atoms with Crippen LogP contribution in [0.4, 0.5) is 0 Å². The van der Waals surface area contributed by atoms with E-state index in [0.29, 0.717) is 31.3 Å². The van der Waals surface area contributed by atoms with Crippen LogP contribution in [0.25, 0.3) is 0 Å².